The Hall–Kier alpha value is -1.03. The van der Waals surface area contributed by atoms with Crippen LogP contribution >= 0.6 is 11.8 Å². The van der Waals surface area contributed by atoms with Gasteiger partial charge >= 0.3 is 0 Å². The van der Waals surface area contributed by atoms with Crippen molar-refractivity contribution >= 4 is 17.6 Å². The predicted octanol–water partition coefficient (Wildman–Crippen LogP) is 3.02. The molecule has 0 unspecified atom stereocenters. The van der Waals surface area contributed by atoms with Crippen LogP contribution in [0, 0.1) is 19.3 Å². The van der Waals surface area contributed by atoms with Crippen LogP contribution in [0.5, 0.6) is 0 Å². The minimum atomic E-state index is 0.135. The van der Waals surface area contributed by atoms with Gasteiger partial charge in [0.15, 0.2) is 0 Å². The van der Waals surface area contributed by atoms with Gasteiger partial charge in [0.1, 0.15) is 5.84 Å². The standard InChI is InChI=1S/C13H19N3S/c1-8-7-11(17-10-5-3-4-6-10)12(13(14)15)9(2)16-8/h7,10H,3-6H2,1-2H3,(H3,14,15). The summed E-state index contributed by atoms with van der Waals surface area (Å²) in [5.41, 5.74) is 8.38. The Bertz CT molecular complexity index is 437. The summed E-state index contributed by atoms with van der Waals surface area (Å²) in [6.07, 6.45) is 5.22. The molecular weight excluding hydrogens is 230 g/mol. The molecule has 1 aliphatic rings. The van der Waals surface area contributed by atoms with Gasteiger partial charge in [-0.1, -0.05) is 12.8 Å². The van der Waals surface area contributed by atoms with E-state index in [4.69, 9.17) is 11.1 Å². The first-order valence-corrected chi connectivity index (χ1v) is 6.95. The van der Waals surface area contributed by atoms with Crippen LogP contribution in [0.15, 0.2) is 11.0 Å². The first-order chi connectivity index (χ1) is 8.08. The molecule has 1 aliphatic carbocycles. The first-order valence-electron chi connectivity index (χ1n) is 6.07. The fraction of sp³-hybridized carbons (Fsp3) is 0.538. The summed E-state index contributed by atoms with van der Waals surface area (Å²) in [5.74, 6) is 0.135. The summed E-state index contributed by atoms with van der Waals surface area (Å²) < 4.78 is 0. The smallest absolute Gasteiger partial charge is 0.125 e. The highest BCUT2D eigenvalue weighted by Gasteiger charge is 2.20. The molecule has 0 saturated heterocycles. The number of aryl methyl sites for hydroxylation is 2. The van der Waals surface area contributed by atoms with Gasteiger partial charge < -0.3 is 5.73 Å². The van der Waals surface area contributed by atoms with Crippen LogP contribution in [-0.4, -0.2) is 16.1 Å². The Labute approximate surface area is 107 Å². The molecule has 0 amide bonds. The second-order valence-electron chi connectivity index (χ2n) is 4.66. The third-order valence-corrected chi connectivity index (χ3v) is 4.54. The molecule has 92 valence electrons. The van der Waals surface area contributed by atoms with Crippen molar-refractivity contribution in [3.8, 4) is 0 Å². The van der Waals surface area contributed by atoms with Gasteiger partial charge in [0, 0.05) is 21.5 Å². The largest absolute Gasteiger partial charge is 0.384 e. The fourth-order valence-electron chi connectivity index (χ4n) is 2.40. The average Bonchev–Trinajstić information content (AvgIpc) is 2.68. The van der Waals surface area contributed by atoms with E-state index < -0.39 is 0 Å². The average molecular weight is 249 g/mol. The Morgan fingerprint density at radius 3 is 2.65 bits per heavy atom. The molecule has 3 N–H and O–H groups in total. The quantitative estimate of drug-likeness (QED) is 0.639. The van der Waals surface area contributed by atoms with E-state index in [0.29, 0.717) is 5.25 Å². The number of hydrogen-bond acceptors (Lipinski definition) is 3. The lowest BCUT2D eigenvalue weighted by molar-refractivity contribution is 0.886. The van der Waals surface area contributed by atoms with E-state index in [9.17, 15) is 0 Å². The molecule has 0 radical (unpaired) electrons. The SMILES string of the molecule is Cc1cc(SC2CCCC2)c(C(=N)N)c(C)n1. The molecule has 17 heavy (non-hydrogen) atoms. The van der Waals surface area contributed by atoms with Gasteiger partial charge in [0.05, 0.1) is 5.56 Å². The normalized spacial score (nSPS) is 16.4. The number of nitrogens with one attached hydrogen (secondary N) is 1. The van der Waals surface area contributed by atoms with Crippen LogP contribution in [0.25, 0.3) is 0 Å². The monoisotopic (exact) mass is 249 g/mol. The minimum Gasteiger partial charge on any atom is -0.384 e. The summed E-state index contributed by atoms with van der Waals surface area (Å²) in [7, 11) is 0. The summed E-state index contributed by atoms with van der Waals surface area (Å²) in [5, 5.41) is 8.38. The molecular formula is C13H19N3S. The molecule has 1 saturated carbocycles. The first kappa shape index (κ1) is 12.4. The maximum absolute atomic E-state index is 7.69. The Morgan fingerprint density at radius 2 is 2.06 bits per heavy atom. The zero-order valence-corrected chi connectivity index (χ0v) is 11.2. The van der Waals surface area contributed by atoms with Crippen molar-refractivity contribution in [2.45, 2.75) is 49.7 Å². The second kappa shape index (κ2) is 5.08. The van der Waals surface area contributed by atoms with Crippen LogP contribution in [0.4, 0.5) is 0 Å². The maximum atomic E-state index is 7.69. The van der Waals surface area contributed by atoms with Crippen LogP contribution < -0.4 is 5.73 Å². The van der Waals surface area contributed by atoms with Gasteiger partial charge in [-0.3, -0.25) is 10.4 Å². The lowest BCUT2D eigenvalue weighted by atomic mass is 10.1. The number of amidine groups is 1. The van der Waals surface area contributed by atoms with Crippen LogP contribution in [0.3, 0.4) is 0 Å². The number of nitrogen functional groups attached to an aromatic ring is 1. The Balaban J connectivity index is 2.32. The van der Waals surface area contributed by atoms with E-state index in [1.807, 2.05) is 25.6 Å². The van der Waals surface area contributed by atoms with E-state index in [-0.39, 0.29) is 5.84 Å². The number of nitrogens with two attached hydrogens (primary N) is 1. The van der Waals surface area contributed by atoms with Gasteiger partial charge in [0.25, 0.3) is 0 Å². The van der Waals surface area contributed by atoms with E-state index >= 15 is 0 Å². The molecule has 1 fully saturated rings. The van der Waals surface area contributed by atoms with Crippen LogP contribution in [0.1, 0.15) is 42.6 Å². The molecule has 3 nitrogen and oxygen atoms in total. The van der Waals surface area contributed by atoms with Gasteiger partial charge in [-0.25, -0.2) is 0 Å². The van der Waals surface area contributed by atoms with Crippen LogP contribution in [0.2, 0.25) is 0 Å². The zero-order valence-electron chi connectivity index (χ0n) is 10.4. The second-order valence-corrected chi connectivity index (χ2v) is 6.00. The molecule has 2 rings (SSSR count). The number of rotatable bonds is 3. The van der Waals surface area contributed by atoms with Crippen molar-refractivity contribution in [1.82, 2.24) is 4.98 Å². The summed E-state index contributed by atoms with van der Waals surface area (Å²) in [4.78, 5) is 5.53. The fourth-order valence-corrected chi connectivity index (χ4v) is 3.94. The lowest BCUT2D eigenvalue weighted by Gasteiger charge is -2.15. The molecule has 0 atom stereocenters. The molecule has 1 aromatic heterocycles. The Kier molecular flexibility index (Phi) is 3.72. The highest BCUT2D eigenvalue weighted by molar-refractivity contribution is 8.00. The van der Waals surface area contributed by atoms with E-state index in [1.165, 1.54) is 25.7 Å². The minimum absolute atomic E-state index is 0.135. The molecule has 0 aliphatic heterocycles. The third kappa shape index (κ3) is 2.80. The number of hydrogen-bond donors (Lipinski definition) is 2. The van der Waals surface area contributed by atoms with Crippen molar-refractivity contribution in [2.75, 3.05) is 0 Å². The molecule has 0 spiro atoms. The number of pyridine rings is 1. The van der Waals surface area contributed by atoms with E-state index in [0.717, 1.165) is 21.8 Å². The van der Waals surface area contributed by atoms with Crippen molar-refractivity contribution in [3.63, 3.8) is 0 Å². The molecule has 0 bridgehead atoms. The number of thioether (sulfide) groups is 1. The number of aromatic nitrogens is 1. The molecule has 4 heteroatoms. The lowest BCUT2D eigenvalue weighted by Crippen LogP contribution is -2.16. The van der Waals surface area contributed by atoms with Gasteiger partial charge in [-0.05, 0) is 32.8 Å². The molecule has 0 aromatic carbocycles. The summed E-state index contributed by atoms with van der Waals surface area (Å²) >= 11 is 1.87. The predicted molar refractivity (Wildman–Crippen MR) is 72.8 cm³/mol. The van der Waals surface area contributed by atoms with Crippen molar-refractivity contribution in [1.29, 1.82) is 5.41 Å². The van der Waals surface area contributed by atoms with Gasteiger partial charge in [0.2, 0.25) is 0 Å². The summed E-state index contributed by atoms with van der Waals surface area (Å²) in [6.45, 7) is 3.93. The third-order valence-electron chi connectivity index (χ3n) is 3.16. The molecule has 1 heterocycles. The van der Waals surface area contributed by atoms with E-state index in [2.05, 4.69) is 11.1 Å². The topological polar surface area (TPSA) is 62.8 Å². The highest BCUT2D eigenvalue weighted by atomic mass is 32.2. The van der Waals surface area contributed by atoms with Gasteiger partial charge in [-0.2, -0.15) is 0 Å². The highest BCUT2D eigenvalue weighted by Crippen LogP contribution is 2.36. The van der Waals surface area contributed by atoms with Gasteiger partial charge in [-0.15, -0.1) is 11.8 Å². The summed E-state index contributed by atoms with van der Waals surface area (Å²) in [6, 6.07) is 2.06. The molecule has 1 aromatic rings. The van der Waals surface area contributed by atoms with Crippen molar-refractivity contribution in [2.24, 2.45) is 5.73 Å². The maximum Gasteiger partial charge on any atom is 0.125 e. The van der Waals surface area contributed by atoms with Crippen molar-refractivity contribution in [3.05, 3.63) is 23.0 Å². The number of nitrogens with zero attached hydrogens (tertiary/aromatic N) is 1. The Morgan fingerprint density at radius 1 is 1.41 bits per heavy atom. The van der Waals surface area contributed by atoms with E-state index in [1.54, 1.807) is 0 Å². The van der Waals surface area contributed by atoms with Crippen LogP contribution in [-0.2, 0) is 0 Å². The van der Waals surface area contributed by atoms with Crippen molar-refractivity contribution < 1.29 is 0 Å². The zero-order chi connectivity index (χ0) is 12.4.